The van der Waals surface area contributed by atoms with Crippen molar-refractivity contribution in [1.82, 2.24) is 0 Å². The van der Waals surface area contributed by atoms with Crippen LogP contribution in [-0.2, 0) is 29.8 Å². The first-order chi connectivity index (χ1) is 20.0. The number of benzene rings is 3. The van der Waals surface area contributed by atoms with Crippen molar-refractivity contribution in [3.05, 3.63) is 94.6 Å². The molecule has 9 N–H and O–H groups in total. The number of aliphatic hydroxyl groups excluding tert-OH is 3. The molecule has 1 unspecified atom stereocenters. The number of aliphatic hydroxyl groups is 4. The van der Waals surface area contributed by atoms with Crippen LogP contribution in [0.4, 0.5) is 0 Å². The number of rotatable bonds is 10. The maximum Gasteiger partial charge on any atom is 0.196 e. The highest BCUT2D eigenvalue weighted by Gasteiger charge is 2.38. The summed E-state index contributed by atoms with van der Waals surface area (Å²) in [7, 11) is 0. The lowest BCUT2D eigenvalue weighted by atomic mass is 9.81. The molecule has 1 aliphatic carbocycles. The van der Waals surface area contributed by atoms with E-state index in [9.17, 15) is 35.4 Å². The molecule has 3 aromatic carbocycles. The van der Waals surface area contributed by atoms with Gasteiger partial charge in [-0.15, -0.1) is 0 Å². The van der Waals surface area contributed by atoms with Gasteiger partial charge in [0.1, 0.15) is 0 Å². The Hall–Kier alpha value is -4.55. The molecular weight excluding hydrogens is 548 g/mol. The van der Waals surface area contributed by atoms with E-state index in [0.29, 0.717) is 41.9 Å². The Balaban J connectivity index is 0.000000231. The van der Waals surface area contributed by atoms with Crippen molar-refractivity contribution in [3.8, 4) is 34.5 Å². The van der Waals surface area contributed by atoms with Crippen LogP contribution in [0.15, 0.2) is 72.3 Å². The summed E-state index contributed by atoms with van der Waals surface area (Å²) in [4.78, 5) is 12.3. The maximum absolute atomic E-state index is 12.3. The van der Waals surface area contributed by atoms with Crippen LogP contribution < -0.4 is 4.74 Å². The van der Waals surface area contributed by atoms with E-state index in [1.54, 1.807) is 18.2 Å². The van der Waals surface area contributed by atoms with Gasteiger partial charge in [-0.3, -0.25) is 4.79 Å². The van der Waals surface area contributed by atoms with Crippen molar-refractivity contribution in [3.63, 3.8) is 0 Å². The summed E-state index contributed by atoms with van der Waals surface area (Å²) in [6, 6.07) is 11.5. The van der Waals surface area contributed by atoms with E-state index in [2.05, 4.69) is 0 Å². The van der Waals surface area contributed by atoms with E-state index < -0.39 is 17.1 Å². The van der Waals surface area contributed by atoms with Crippen molar-refractivity contribution >= 4 is 5.78 Å². The zero-order chi connectivity index (χ0) is 30.9. The molecule has 0 spiro atoms. The van der Waals surface area contributed by atoms with Gasteiger partial charge in [-0.1, -0.05) is 18.2 Å². The molecule has 3 aromatic rings. The second kappa shape index (κ2) is 14.4. The van der Waals surface area contributed by atoms with Gasteiger partial charge in [-0.25, -0.2) is 0 Å². The second-order valence-corrected chi connectivity index (χ2v) is 9.51. The Morgan fingerprint density at radius 1 is 0.690 bits per heavy atom. The number of phenolic OH excluding ortho intramolecular Hbond substituents is 5. The quantitative estimate of drug-likeness (QED) is 0.158. The minimum Gasteiger partial charge on any atom is -0.504 e. The molecule has 0 bridgehead atoms. The average molecular weight is 583 g/mol. The normalized spacial score (nSPS) is 16.0. The van der Waals surface area contributed by atoms with Gasteiger partial charge in [0.2, 0.25) is 0 Å². The fraction of sp³-hybridized carbons (Fsp3) is 0.258. The van der Waals surface area contributed by atoms with Gasteiger partial charge in [0.25, 0.3) is 0 Å². The smallest absolute Gasteiger partial charge is 0.196 e. The molecule has 0 fully saturated rings. The molecule has 1 atom stereocenters. The van der Waals surface area contributed by atoms with E-state index in [0.717, 1.165) is 11.6 Å². The molecule has 0 aliphatic heterocycles. The van der Waals surface area contributed by atoms with E-state index in [1.165, 1.54) is 42.5 Å². The fourth-order valence-electron chi connectivity index (χ4n) is 4.22. The average Bonchev–Trinajstić information content (AvgIpc) is 2.96. The summed E-state index contributed by atoms with van der Waals surface area (Å²) in [5, 5.41) is 85.1. The van der Waals surface area contributed by atoms with Gasteiger partial charge in [-0.2, -0.15) is 0 Å². The SMILES string of the molecule is O=C1C=C(CCO)C=CC1(O)c1cc(O)c(O)cc1CCO.OCc1ccc(O)c(OCCc2ccc(O)c(O)c2)c1. The first-order valence-electron chi connectivity index (χ1n) is 13.0. The van der Waals surface area contributed by atoms with Gasteiger partial charge < -0.3 is 50.7 Å². The van der Waals surface area contributed by atoms with Gasteiger partial charge in [0, 0.05) is 25.2 Å². The number of ether oxygens (including phenoxy) is 1. The molecule has 4 rings (SSSR count). The number of phenols is 5. The Morgan fingerprint density at radius 2 is 1.33 bits per heavy atom. The molecule has 42 heavy (non-hydrogen) atoms. The lowest BCUT2D eigenvalue weighted by molar-refractivity contribution is -0.128. The number of hydrogen-bond acceptors (Lipinski definition) is 11. The van der Waals surface area contributed by atoms with E-state index >= 15 is 0 Å². The summed E-state index contributed by atoms with van der Waals surface area (Å²) in [6.07, 6.45) is 4.97. The fourth-order valence-corrected chi connectivity index (χ4v) is 4.22. The van der Waals surface area contributed by atoms with E-state index in [4.69, 9.17) is 20.1 Å². The highest BCUT2D eigenvalue weighted by atomic mass is 16.5. The van der Waals surface area contributed by atoms with Crippen molar-refractivity contribution in [2.45, 2.75) is 31.5 Å². The van der Waals surface area contributed by atoms with Crippen LogP contribution in [0, 0.1) is 0 Å². The third-order valence-electron chi connectivity index (χ3n) is 6.52. The molecule has 0 aromatic heterocycles. The Kier molecular flexibility index (Phi) is 10.9. The second-order valence-electron chi connectivity index (χ2n) is 9.51. The highest BCUT2D eigenvalue weighted by Crippen LogP contribution is 2.38. The maximum atomic E-state index is 12.3. The minimum absolute atomic E-state index is 0.00996. The van der Waals surface area contributed by atoms with Crippen LogP contribution in [0.1, 0.15) is 28.7 Å². The first kappa shape index (κ1) is 32.0. The zero-order valence-corrected chi connectivity index (χ0v) is 22.6. The van der Waals surface area contributed by atoms with Gasteiger partial charge >= 0.3 is 0 Å². The molecular formula is C31H34O11. The molecule has 0 amide bonds. The number of carbonyl (C=O) groups excluding carboxylic acids is 1. The summed E-state index contributed by atoms with van der Waals surface area (Å²) < 4.78 is 5.45. The van der Waals surface area contributed by atoms with Gasteiger partial charge in [0.15, 0.2) is 45.9 Å². The summed E-state index contributed by atoms with van der Waals surface area (Å²) in [6.45, 7) is -0.177. The summed E-state index contributed by atoms with van der Waals surface area (Å²) >= 11 is 0. The van der Waals surface area contributed by atoms with Gasteiger partial charge in [0.05, 0.1) is 13.2 Å². The van der Waals surface area contributed by atoms with E-state index in [-0.39, 0.29) is 54.8 Å². The summed E-state index contributed by atoms with van der Waals surface area (Å²) in [5.41, 5.74) is 0.533. The Bertz CT molecular complexity index is 1460. The standard InChI is InChI=1S/C16H18O6.C15H16O5/c17-5-2-10-1-4-16(22,15(21)7-10)12-9-14(20)13(19)8-11(12)3-6-18;16-9-11-2-4-13(18)15(8-11)20-6-5-10-1-3-12(17)14(19)7-10/h1,4,7-9,17-20,22H,2-3,5-6H2;1-4,7-8,16-19H,5-6,9H2. The van der Waals surface area contributed by atoms with Crippen molar-refractivity contribution < 1.29 is 55.5 Å². The topological polar surface area (TPSA) is 208 Å². The molecule has 0 saturated heterocycles. The predicted octanol–water partition coefficient (Wildman–Crippen LogP) is 2.19. The predicted molar refractivity (Wildman–Crippen MR) is 151 cm³/mol. The Labute approximate surface area is 241 Å². The highest BCUT2D eigenvalue weighted by molar-refractivity contribution is 6.01. The lowest BCUT2D eigenvalue weighted by Gasteiger charge is -2.28. The lowest BCUT2D eigenvalue weighted by Crippen LogP contribution is -2.35. The van der Waals surface area contributed by atoms with Gasteiger partial charge in [-0.05, 0) is 83.7 Å². The molecule has 0 radical (unpaired) electrons. The van der Waals surface area contributed by atoms with Crippen molar-refractivity contribution in [2.75, 3.05) is 19.8 Å². The molecule has 224 valence electrons. The van der Waals surface area contributed by atoms with Crippen LogP contribution in [0.3, 0.4) is 0 Å². The third kappa shape index (κ3) is 7.80. The molecule has 0 saturated carbocycles. The summed E-state index contributed by atoms with van der Waals surface area (Å²) in [5.74, 6) is -1.48. The monoisotopic (exact) mass is 582 g/mol. The number of ketones is 1. The third-order valence-corrected chi connectivity index (χ3v) is 6.52. The largest absolute Gasteiger partial charge is 0.504 e. The molecule has 11 heteroatoms. The van der Waals surface area contributed by atoms with Crippen LogP contribution >= 0.6 is 0 Å². The van der Waals surface area contributed by atoms with Crippen LogP contribution in [0.5, 0.6) is 34.5 Å². The van der Waals surface area contributed by atoms with Crippen LogP contribution in [0.25, 0.3) is 0 Å². The molecule has 1 aliphatic rings. The van der Waals surface area contributed by atoms with Crippen molar-refractivity contribution in [2.24, 2.45) is 0 Å². The number of allylic oxidation sites excluding steroid dienone is 1. The number of carbonyl (C=O) groups is 1. The first-order valence-corrected chi connectivity index (χ1v) is 13.0. The minimum atomic E-state index is -1.98. The van der Waals surface area contributed by atoms with E-state index in [1.807, 2.05) is 0 Å². The van der Waals surface area contributed by atoms with Crippen LogP contribution in [-0.4, -0.2) is 71.6 Å². The molecule has 0 heterocycles. The number of aromatic hydroxyl groups is 5. The number of hydrogen-bond donors (Lipinski definition) is 9. The molecule has 11 nitrogen and oxygen atoms in total. The van der Waals surface area contributed by atoms with Crippen LogP contribution in [0.2, 0.25) is 0 Å². The van der Waals surface area contributed by atoms with Crippen molar-refractivity contribution in [1.29, 1.82) is 0 Å². The zero-order valence-electron chi connectivity index (χ0n) is 22.6. The Morgan fingerprint density at radius 3 is 1.98 bits per heavy atom.